The first-order chi connectivity index (χ1) is 19.5. The summed E-state index contributed by atoms with van der Waals surface area (Å²) in [6, 6.07) is 8.62. The molecule has 4 rings (SSSR count). The van der Waals surface area contributed by atoms with E-state index in [-0.39, 0.29) is 59.8 Å². The van der Waals surface area contributed by atoms with Crippen LogP contribution in [0.4, 0.5) is 14.9 Å². The number of ether oxygens (including phenoxy) is 1. The molecular weight excluding hydrogens is 551 g/mol. The van der Waals surface area contributed by atoms with Gasteiger partial charge in [-0.05, 0) is 62.2 Å². The Balaban J connectivity index is 1.59. The average molecular weight is 591 g/mol. The highest BCUT2D eigenvalue weighted by molar-refractivity contribution is 7.89. The van der Waals surface area contributed by atoms with Gasteiger partial charge in [-0.15, -0.1) is 0 Å². The fourth-order valence-electron chi connectivity index (χ4n) is 5.26. The van der Waals surface area contributed by atoms with Gasteiger partial charge in [-0.3, -0.25) is 4.79 Å². The topological polar surface area (TPSA) is 128 Å². The zero-order valence-electron chi connectivity index (χ0n) is 23.7. The Morgan fingerprint density at radius 1 is 1.17 bits per heavy atom. The van der Waals surface area contributed by atoms with Gasteiger partial charge in [-0.1, -0.05) is 26.2 Å². The van der Waals surface area contributed by atoms with Gasteiger partial charge in [-0.25, -0.2) is 17.6 Å². The second kappa shape index (κ2) is 13.2. The summed E-state index contributed by atoms with van der Waals surface area (Å²) in [7, 11) is -2.52. The molecule has 0 aromatic heterocycles. The van der Waals surface area contributed by atoms with Gasteiger partial charge in [0.25, 0.3) is 5.91 Å². The molecular formula is C29H39FN4O6S. The number of urea groups is 1. The molecule has 0 saturated heterocycles. The van der Waals surface area contributed by atoms with E-state index in [0.717, 1.165) is 42.1 Å². The Bertz CT molecular complexity index is 1330. The second-order valence-electron chi connectivity index (χ2n) is 11.0. The van der Waals surface area contributed by atoms with Crippen LogP contribution < -0.4 is 15.4 Å². The van der Waals surface area contributed by atoms with Crippen molar-refractivity contribution < 1.29 is 32.2 Å². The van der Waals surface area contributed by atoms with E-state index >= 15 is 0 Å². The molecule has 2 aromatic carbocycles. The number of likely N-dealkylation sites (N-methyl/N-ethyl adjacent to an activating group) is 1. The summed E-state index contributed by atoms with van der Waals surface area (Å²) in [5.74, 6) is -0.975. The smallest absolute Gasteiger partial charge is 0.319 e. The number of hydrogen-bond acceptors (Lipinski definition) is 6. The number of hydrogen-bond donors (Lipinski definition) is 3. The standard InChI is InChI=1S/C29H39FN4O6S/c1-19-16-34(20(2)18-35)28(36)25-15-23(32-29(37)31-22-7-5-4-6-8-22)11-14-26(25)40-27(19)17-33(3)41(38,39)24-12-9-21(30)10-13-24/h9-15,19-20,22,27,35H,4-8,16-18H2,1-3H3,(H2,31,32,37)/t19-,20+,27-/m1/s1. The second-order valence-corrected chi connectivity index (χ2v) is 13.1. The maximum atomic E-state index is 13.7. The normalized spacial score (nSPS) is 20.9. The lowest BCUT2D eigenvalue weighted by Gasteiger charge is -2.38. The van der Waals surface area contributed by atoms with Gasteiger partial charge in [0.05, 0.1) is 29.7 Å². The van der Waals surface area contributed by atoms with Crippen LogP contribution in [0.5, 0.6) is 5.75 Å². The van der Waals surface area contributed by atoms with Crippen molar-refractivity contribution in [1.82, 2.24) is 14.5 Å². The molecule has 10 nitrogen and oxygen atoms in total. The highest BCUT2D eigenvalue weighted by Crippen LogP contribution is 2.31. The Kier molecular flexibility index (Phi) is 9.88. The van der Waals surface area contributed by atoms with Crippen LogP contribution in [-0.4, -0.2) is 79.6 Å². The molecule has 0 spiro atoms. The maximum absolute atomic E-state index is 13.7. The summed E-state index contributed by atoms with van der Waals surface area (Å²) in [5.41, 5.74) is 0.605. The van der Waals surface area contributed by atoms with E-state index in [4.69, 9.17) is 4.74 Å². The molecule has 0 radical (unpaired) electrons. The summed E-state index contributed by atoms with van der Waals surface area (Å²) in [6.45, 7) is 3.48. The number of amides is 3. The van der Waals surface area contributed by atoms with Crippen LogP contribution in [0.2, 0.25) is 0 Å². The molecule has 1 fully saturated rings. The van der Waals surface area contributed by atoms with E-state index in [0.29, 0.717) is 5.69 Å². The SMILES string of the molecule is C[C@@H]1CN([C@@H](C)CO)C(=O)c2cc(NC(=O)NC3CCCCC3)ccc2O[C@@H]1CN(C)S(=O)(=O)c1ccc(F)cc1. The Hall–Kier alpha value is -3.22. The molecule has 1 aliphatic heterocycles. The fourth-order valence-corrected chi connectivity index (χ4v) is 6.44. The number of benzene rings is 2. The van der Waals surface area contributed by atoms with Gasteiger partial charge in [0.2, 0.25) is 10.0 Å². The molecule has 0 bridgehead atoms. The van der Waals surface area contributed by atoms with Crippen molar-refractivity contribution in [3.05, 3.63) is 53.8 Å². The number of aliphatic hydroxyl groups excluding tert-OH is 1. The van der Waals surface area contributed by atoms with Crippen LogP contribution in [0.1, 0.15) is 56.3 Å². The first kappa shape index (κ1) is 30.7. The van der Waals surface area contributed by atoms with E-state index in [9.17, 15) is 27.5 Å². The molecule has 1 aliphatic carbocycles. The lowest BCUT2D eigenvalue weighted by molar-refractivity contribution is 0.0387. The molecule has 1 heterocycles. The quantitative estimate of drug-likeness (QED) is 0.429. The summed E-state index contributed by atoms with van der Waals surface area (Å²) in [4.78, 5) is 27.8. The van der Waals surface area contributed by atoms with Gasteiger partial charge in [0, 0.05) is 31.2 Å². The van der Waals surface area contributed by atoms with Gasteiger partial charge >= 0.3 is 6.03 Å². The summed E-state index contributed by atoms with van der Waals surface area (Å²) in [6.07, 6.45) is 4.53. The van der Waals surface area contributed by atoms with Crippen molar-refractivity contribution in [2.24, 2.45) is 5.92 Å². The molecule has 3 amide bonds. The van der Waals surface area contributed by atoms with E-state index < -0.39 is 28.0 Å². The van der Waals surface area contributed by atoms with Gasteiger partial charge in [0.1, 0.15) is 17.7 Å². The summed E-state index contributed by atoms with van der Waals surface area (Å²) >= 11 is 0. The third-order valence-electron chi connectivity index (χ3n) is 7.82. The Labute approximate surface area is 240 Å². The van der Waals surface area contributed by atoms with E-state index in [1.165, 1.54) is 25.6 Å². The lowest BCUT2D eigenvalue weighted by Crippen LogP contribution is -2.50. The molecule has 3 N–H and O–H groups in total. The molecule has 2 aliphatic rings. The highest BCUT2D eigenvalue weighted by Gasteiger charge is 2.35. The van der Waals surface area contributed by atoms with Crippen LogP contribution >= 0.6 is 0 Å². The number of nitrogens with one attached hydrogen (secondary N) is 2. The minimum absolute atomic E-state index is 0.0420. The average Bonchev–Trinajstić information content (AvgIpc) is 2.95. The molecule has 3 atom stereocenters. The Morgan fingerprint density at radius 3 is 2.51 bits per heavy atom. The van der Waals surface area contributed by atoms with Crippen molar-refractivity contribution in [2.75, 3.05) is 32.1 Å². The zero-order chi connectivity index (χ0) is 29.7. The number of carbonyl (C=O) groups is 2. The van der Waals surface area contributed by atoms with Crippen molar-refractivity contribution >= 4 is 27.6 Å². The number of rotatable bonds is 8. The predicted molar refractivity (Wildman–Crippen MR) is 153 cm³/mol. The molecule has 224 valence electrons. The highest BCUT2D eigenvalue weighted by atomic mass is 32.2. The van der Waals surface area contributed by atoms with Gasteiger partial charge in [-0.2, -0.15) is 4.31 Å². The fraction of sp³-hybridized carbons (Fsp3) is 0.517. The van der Waals surface area contributed by atoms with Crippen molar-refractivity contribution in [3.8, 4) is 5.75 Å². The molecule has 41 heavy (non-hydrogen) atoms. The first-order valence-corrected chi connectivity index (χ1v) is 15.5. The maximum Gasteiger partial charge on any atom is 0.319 e. The van der Waals surface area contributed by atoms with Crippen molar-refractivity contribution in [3.63, 3.8) is 0 Å². The number of fused-ring (bicyclic) bond motifs is 1. The first-order valence-electron chi connectivity index (χ1n) is 14.0. The van der Waals surface area contributed by atoms with Crippen LogP contribution in [0.15, 0.2) is 47.4 Å². The van der Waals surface area contributed by atoms with Crippen molar-refractivity contribution in [2.45, 2.75) is 69.0 Å². The van der Waals surface area contributed by atoms with Gasteiger partial charge in [0.15, 0.2) is 0 Å². The lowest BCUT2D eigenvalue weighted by atomic mass is 9.96. The summed E-state index contributed by atoms with van der Waals surface area (Å²) < 4.78 is 47.2. The van der Waals surface area contributed by atoms with E-state index in [2.05, 4.69) is 10.6 Å². The van der Waals surface area contributed by atoms with E-state index in [1.54, 1.807) is 30.0 Å². The predicted octanol–water partition coefficient (Wildman–Crippen LogP) is 3.82. The number of anilines is 1. The number of nitrogens with zero attached hydrogens (tertiary/aromatic N) is 2. The molecule has 12 heteroatoms. The van der Waals surface area contributed by atoms with Gasteiger partial charge < -0.3 is 25.4 Å². The minimum atomic E-state index is -3.94. The molecule has 0 unspecified atom stereocenters. The third-order valence-corrected chi connectivity index (χ3v) is 9.66. The third kappa shape index (κ3) is 7.35. The van der Waals surface area contributed by atoms with Crippen LogP contribution in [0, 0.1) is 11.7 Å². The van der Waals surface area contributed by atoms with Crippen LogP contribution in [-0.2, 0) is 10.0 Å². The number of sulfonamides is 1. The number of carbonyl (C=O) groups excluding carboxylic acids is 2. The number of aliphatic hydroxyl groups is 1. The zero-order valence-corrected chi connectivity index (χ0v) is 24.5. The largest absolute Gasteiger partial charge is 0.488 e. The monoisotopic (exact) mass is 590 g/mol. The van der Waals surface area contributed by atoms with Crippen molar-refractivity contribution in [1.29, 1.82) is 0 Å². The van der Waals surface area contributed by atoms with Crippen LogP contribution in [0.25, 0.3) is 0 Å². The minimum Gasteiger partial charge on any atom is -0.488 e. The number of halogens is 1. The van der Waals surface area contributed by atoms with E-state index in [1.807, 2.05) is 6.92 Å². The summed E-state index contributed by atoms with van der Waals surface area (Å²) in [5, 5.41) is 15.7. The van der Waals surface area contributed by atoms with Crippen LogP contribution in [0.3, 0.4) is 0 Å². The molecule has 2 aromatic rings. The Morgan fingerprint density at radius 2 is 1.85 bits per heavy atom. The molecule has 1 saturated carbocycles.